The minimum absolute atomic E-state index is 0.0715. The molecule has 39 heavy (non-hydrogen) atoms. The maximum absolute atomic E-state index is 12.8. The van der Waals surface area contributed by atoms with Crippen molar-refractivity contribution in [1.29, 1.82) is 0 Å². The van der Waals surface area contributed by atoms with Gasteiger partial charge in [-0.1, -0.05) is 12.8 Å². The van der Waals surface area contributed by atoms with Crippen LogP contribution in [0.25, 0.3) is 0 Å². The molecule has 0 spiro atoms. The SMILES string of the molecule is C=N/C(=N\C1=C(C)N(C)C(=O)CCN1C1CCCC1)Nc1ccc(C(=O)NCCN2CCOCC2)cc1OC. The Labute approximate surface area is 230 Å². The molecule has 1 aromatic rings. The van der Waals surface area contributed by atoms with Gasteiger partial charge in [0.05, 0.1) is 31.7 Å². The molecule has 1 saturated carbocycles. The number of guanidine groups is 1. The molecule has 2 aliphatic heterocycles. The van der Waals surface area contributed by atoms with Gasteiger partial charge in [0.25, 0.3) is 5.91 Å². The van der Waals surface area contributed by atoms with E-state index in [0.29, 0.717) is 42.6 Å². The lowest BCUT2D eigenvalue weighted by Crippen LogP contribution is -2.41. The second-order valence-corrected chi connectivity index (χ2v) is 10.1. The summed E-state index contributed by atoms with van der Waals surface area (Å²) < 4.78 is 11.0. The molecule has 3 aliphatic rings. The first-order valence-electron chi connectivity index (χ1n) is 13.7. The van der Waals surface area contributed by atoms with E-state index in [1.165, 1.54) is 12.8 Å². The Balaban J connectivity index is 1.49. The number of allylic oxidation sites excluding steroid dienone is 1. The smallest absolute Gasteiger partial charge is 0.251 e. The van der Waals surface area contributed by atoms with Crippen LogP contribution in [-0.4, -0.2) is 105 Å². The monoisotopic (exact) mass is 539 g/mol. The highest BCUT2D eigenvalue weighted by Crippen LogP contribution is 2.31. The van der Waals surface area contributed by atoms with Crippen molar-refractivity contribution in [1.82, 2.24) is 20.0 Å². The van der Waals surface area contributed by atoms with E-state index in [0.717, 1.165) is 57.2 Å². The summed E-state index contributed by atoms with van der Waals surface area (Å²) in [4.78, 5) is 40.6. The van der Waals surface area contributed by atoms with E-state index in [-0.39, 0.29) is 17.8 Å². The van der Waals surface area contributed by atoms with E-state index in [1.807, 2.05) is 6.92 Å². The van der Waals surface area contributed by atoms with Gasteiger partial charge in [0.1, 0.15) is 5.75 Å². The van der Waals surface area contributed by atoms with Crippen molar-refractivity contribution in [2.24, 2.45) is 9.98 Å². The van der Waals surface area contributed by atoms with Crippen molar-refractivity contribution in [3.63, 3.8) is 0 Å². The fraction of sp³-hybridized carbons (Fsp3) is 0.571. The molecule has 1 aromatic carbocycles. The van der Waals surface area contributed by atoms with Crippen molar-refractivity contribution >= 4 is 30.2 Å². The summed E-state index contributed by atoms with van der Waals surface area (Å²) in [5, 5.41) is 6.19. The zero-order valence-corrected chi connectivity index (χ0v) is 23.4. The number of ether oxygens (including phenoxy) is 2. The van der Waals surface area contributed by atoms with Gasteiger partial charge in [-0.3, -0.25) is 14.5 Å². The number of aliphatic imine (C=N–C) groups is 2. The molecule has 2 heterocycles. The number of nitrogens with one attached hydrogen (secondary N) is 2. The molecule has 0 aromatic heterocycles. The first kappa shape index (κ1) is 28.6. The van der Waals surface area contributed by atoms with Crippen LogP contribution in [-0.2, 0) is 9.53 Å². The molecule has 0 unspecified atom stereocenters. The first-order valence-corrected chi connectivity index (χ1v) is 13.7. The summed E-state index contributed by atoms with van der Waals surface area (Å²) in [6, 6.07) is 5.55. The van der Waals surface area contributed by atoms with E-state index in [4.69, 9.17) is 14.5 Å². The van der Waals surface area contributed by atoms with Crippen LogP contribution >= 0.6 is 0 Å². The molecule has 0 radical (unpaired) electrons. The van der Waals surface area contributed by atoms with Crippen LogP contribution < -0.4 is 15.4 Å². The van der Waals surface area contributed by atoms with Crippen molar-refractivity contribution in [3.8, 4) is 5.75 Å². The molecule has 4 rings (SSSR count). The number of hydrogen-bond donors (Lipinski definition) is 2. The molecule has 2 N–H and O–H groups in total. The molecule has 1 saturated heterocycles. The number of amides is 2. The van der Waals surface area contributed by atoms with Crippen LogP contribution in [0, 0.1) is 0 Å². The van der Waals surface area contributed by atoms with Crippen molar-refractivity contribution in [3.05, 3.63) is 35.3 Å². The maximum Gasteiger partial charge on any atom is 0.251 e. The highest BCUT2D eigenvalue weighted by molar-refractivity contribution is 6.00. The van der Waals surface area contributed by atoms with E-state index >= 15 is 0 Å². The molecule has 2 amide bonds. The third-order valence-electron chi connectivity index (χ3n) is 7.69. The number of carbonyl (C=O) groups is 2. The Bertz CT molecular complexity index is 1110. The van der Waals surface area contributed by atoms with Gasteiger partial charge in [-0.05, 0) is 44.7 Å². The van der Waals surface area contributed by atoms with Crippen LogP contribution in [0.5, 0.6) is 5.75 Å². The van der Waals surface area contributed by atoms with Crippen LogP contribution in [0.3, 0.4) is 0 Å². The van der Waals surface area contributed by atoms with Gasteiger partial charge in [0.2, 0.25) is 11.9 Å². The average Bonchev–Trinajstić information content (AvgIpc) is 3.47. The van der Waals surface area contributed by atoms with Gasteiger partial charge in [-0.25, -0.2) is 4.99 Å². The lowest BCUT2D eigenvalue weighted by Gasteiger charge is -2.31. The zero-order valence-electron chi connectivity index (χ0n) is 23.4. The minimum atomic E-state index is -0.164. The predicted molar refractivity (Wildman–Crippen MR) is 152 cm³/mol. The lowest BCUT2D eigenvalue weighted by molar-refractivity contribution is -0.127. The third-order valence-corrected chi connectivity index (χ3v) is 7.69. The van der Waals surface area contributed by atoms with Gasteiger partial charge in [-0.2, -0.15) is 4.99 Å². The van der Waals surface area contributed by atoms with Crippen LogP contribution in [0.15, 0.2) is 39.7 Å². The topological polar surface area (TPSA) is 111 Å². The largest absolute Gasteiger partial charge is 0.495 e. The Morgan fingerprint density at radius 3 is 2.64 bits per heavy atom. The van der Waals surface area contributed by atoms with E-state index in [2.05, 4.69) is 32.1 Å². The number of nitrogens with zero attached hydrogens (tertiary/aromatic N) is 5. The Morgan fingerprint density at radius 2 is 1.95 bits per heavy atom. The minimum Gasteiger partial charge on any atom is -0.495 e. The molecular weight excluding hydrogens is 498 g/mol. The fourth-order valence-corrected chi connectivity index (χ4v) is 5.26. The Hall–Kier alpha value is -3.44. The molecule has 2 fully saturated rings. The second-order valence-electron chi connectivity index (χ2n) is 10.1. The standard InChI is InChI=1S/C28H41N7O4/c1-20-26(35(22-7-5-6-8-22)13-11-25(36)33(20)3)32-28(29-2)31-23-10-9-21(19-24(23)38-4)27(37)30-12-14-34-15-17-39-18-16-34/h9-10,19,22H,2,5-8,11-18H2,1,3-4H3,(H,30,37)(H,31,32). The average molecular weight is 540 g/mol. The predicted octanol–water partition coefficient (Wildman–Crippen LogP) is 2.52. The number of benzene rings is 1. The van der Waals surface area contributed by atoms with E-state index in [1.54, 1.807) is 37.3 Å². The van der Waals surface area contributed by atoms with Crippen LogP contribution in [0.1, 0.15) is 49.4 Å². The molecule has 0 atom stereocenters. The summed E-state index contributed by atoms with van der Waals surface area (Å²) in [5.74, 6) is 1.40. The van der Waals surface area contributed by atoms with Gasteiger partial charge >= 0.3 is 0 Å². The van der Waals surface area contributed by atoms with Crippen LogP contribution in [0.4, 0.5) is 5.69 Å². The molecule has 212 valence electrons. The lowest BCUT2D eigenvalue weighted by atomic mass is 10.1. The number of methoxy groups -OCH3 is 1. The summed E-state index contributed by atoms with van der Waals surface area (Å²) in [5.41, 5.74) is 1.89. The molecule has 11 nitrogen and oxygen atoms in total. The zero-order chi connectivity index (χ0) is 27.8. The first-order chi connectivity index (χ1) is 18.9. The van der Waals surface area contributed by atoms with Crippen molar-refractivity contribution < 1.29 is 19.1 Å². The summed E-state index contributed by atoms with van der Waals surface area (Å²) in [6.07, 6.45) is 4.96. The quantitative estimate of drug-likeness (QED) is 0.386. The second kappa shape index (κ2) is 13.6. The normalized spacial score (nSPS) is 19.8. The number of carbonyl (C=O) groups excluding carboxylic acids is 2. The maximum atomic E-state index is 12.8. The third kappa shape index (κ3) is 7.15. The van der Waals surface area contributed by atoms with E-state index < -0.39 is 0 Å². The number of hydrogen-bond acceptors (Lipinski definition) is 7. The number of morpholine rings is 1. The highest BCUT2D eigenvalue weighted by Gasteiger charge is 2.31. The van der Waals surface area contributed by atoms with Crippen molar-refractivity contribution in [2.75, 3.05) is 65.4 Å². The fourth-order valence-electron chi connectivity index (χ4n) is 5.26. The Kier molecular flexibility index (Phi) is 9.94. The molecule has 0 bridgehead atoms. The summed E-state index contributed by atoms with van der Waals surface area (Å²) in [7, 11) is 3.34. The highest BCUT2D eigenvalue weighted by atomic mass is 16.5. The number of rotatable bonds is 8. The number of anilines is 1. The summed E-state index contributed by atoms with van der Waals surface area (Å²) in [6.45, 7) is 10.8. The molecule has 1 aliphatic carbocycles. The van der Waals surface area contributed by atoms with Gasteiger partial charge in [0, 0.05) is 57.8 Å². The van der Waals surface area contributed by atoms with Gasteiger partial charge in [-0.15, -0.1) is 0 Å². The van der Waals surface area contributed by atoms with E-state index in [9.17, 15) is 9.59 Å². The summed E-state index contributed by atoms with van der Waals surface area (Å²) >= 11 is 0. The molecular formula is C28H41N7O4. The van der Waals surface area contributed by atoms with Gasteiger partial charge in [0.15, 0.2) is 5.82 Å². The Morgan fingerprint density at radius 1 is 1.21 bits per heavy atom. The van der Waals surface area contributed by atoms with Gasteiger partial charge < -0.3 is 29.9 Å². The molecule has 11 heteroatoms. The van der Waals surface area contributed by atoms with Crippen LogP contribution in [0.2, 0.25) is 0 Å². The van der Waals surface area contributed by atoms with Crippen molar-refractivity contribution in [2.45, 2.75) is 45.1 Å².